The molecule has 6 nitrogen and oxygen atoms in total. The summed E-state index contributed by atoms with van der Waals surface area (Å²) in [5.74, 6) is -3.14. The Morgan fingerprint density at radius 1 is 1.13 bits per heavy atom. The molecule has 2 rings (SSSR count). The summed E-state index contributed by atoms with van der Waals surface area (Å²) in [7, 11) is -3.86. The van der Waals surface area contributed by atoms with E-state index in [-0.39, 0.29) is 5.56 Å². The summed E-state index contributed by atoms with van der Waals surface area (Å²) >= 11 is 0. The molecule has 0 aliphatic heterocycles. The third-order valence-corrected chi connectivity index (χ3v) is 4.78. The van der Waals surface area contributed by atoms with E-state index in [0.717, 1.165) is 24.8 Å². The fraction of sp³-hybridized carbons (Fsp3) is 0.286. The minimum Gasteiger partial charge on any atom is -0.384 e. The molecule has 2 aromatic rings. The molecule has 0 aliphatic rings. The predicted molar refractivity (Wildman–Crippen MR) is 116 cm³/mol. The highest BCUT2D eigenvalue weighted by Crippen LogP contribution is 2.25. The number of anilines is 2. The molecule has 168 valence electrons. The Morgan fingerprint density at radius 2 is 1.77 bits per heavy atom. The maximum atomic E-state index is 14.2. The van der Waals surface area contributed by atoms with E-state index in [4.69, 9.17) is 0 Å². The minimum atomic E-state index is -3.86. The lowest BCUT2D eigenvalue weighted by molar-refractivity contribution is -0.117. The van der Waals surface area contributed by atoms with Crippen molar-refractivity contribution in [3.8, 4) is 0 Å². The molecule has 0 fully saturated rings. The Balaban J connectivity index is 2.13. The number of nitrogens with one attached hydrogen (secondary N) is 3. The lowest BCUT2D eigenvalue weighted by Crippen LogP contribution is -2.25. The van der Waals surface area contributed by atoms with Crippen molar-refractivity contribution in [1.29, 1.82) is 0 Å². The van der Waals surface area contributed by atoms with Crippen molar-refractivity contribution in [3.05, 3.63) is 65.0 Å². The van der Waals surface area contributed by atoms with Crippen LogP contribution in [0.4, 0.5) is 24.5 Å². The van der Waals surface area contributed by atoms with Gasteiger partial charge in [-0.25, -0.2) is 21.6 Å². The van der Waals surface area contributed by atoms with E-state index in [1.165, 1.54) is 37.3 Å². The Bertz CT molecular complexity index is 1070. The second-order valence-electron chi connectivity index (χ2n) is 6.96. The highest BCUT2D eigenvalue weighted by molar-refractivity contribution is 7.92. The SMILES string of the molecule is CCCNc1cc(F)ccc1/C=C\C(=O)N[C@H](C)c1cc(F)c(NS(C)(=O)=O)c(F)c1. The summed E-state index contributed by atoms with van der Waals surface area (Å²) in [5.41, 5.74) is 0.471. The van der Waals surface area contributed by atoms with Crippen LogP contribution in [0.25, 0.3) is 6.08 Å². The first kappa shape index (κ1) is 24.3. The number of rotatable bonds is 9. The van der Waals surface area contributed by atoms with Crippen LogP contribution in [0.1, 0.15) is 37.4 Å². The van der Waals surface area contributed by atoms with Gasteiger partial charge < -0.3 is 10.6 Å². The Morgan fingerprint density at radius 3 is 2.35 bits per heavy atom. The molecule has 0 heterocycles. The first-order chi connectivity index (χ1) is 14.5. The van der Waals surface area contributed by atoms with Gasteiger partial charge in [0.05, 0.1) is 12.3 Å². The normalized spacial score (nSPS) is 12.6. The first-order valence-corrected chi connectivity index (χ1v) is 11.4. The number of halogens is 3. The Kier molecular flexibility index (Phi) is 8.09. The van der Waals surface area contributed by atoms with Crippen LogP contribution in [0.3, 0.4) is 0 Å². The van der Waals surface area contributed by atoms with E-state index >= 15 is 0 Å². The summed E-state index contributed by atoms with van der Waals surface area (Å²) in [4.78, 5) is 12.2. The standard InChI is InChI=1S/C21H24F3N3O3S/c1-4-9-25-19-12-16(22)7-5-14(19)6-8-20(28)26-13(2)15-10-17(23)21(18(24)11-15)27-31(3,29)30/h5-8,10-13,25,27H,4,9H2,1-3H3,(H,26,28)/b8-6-/t13-/m1/s1. The van der Waals surface area contributed by atoms with E-state index in [1.54, 1.807) is 4.72 Å². The molecule has 2 aromatic carbocycles. The number of benzene rings is 2. The number of amides is 1. The van der Waals surface area contributed by atoms with Gasteiger partial charge in [-0.2, -0.15) is 0 Å². The van der Waals surface area contributed by atoms with Gasteiger partial charge >= 0.3 is 0 Å². The third-order valence-electron chi connectivity index (χ3n) is 4.21. The summed E-state index contributed by atoms with van der Waals surface area (Å²) < 4.78 is 66.0. The van der Waals surface area contributed by atoms with Crippen molar-refractivity contribution in [2.24, 2.45) is 0 Å². The van der Waals surface area contributed by atoms with Crippen LogP contribution in [0.2, 0.25) is 0 Å². The van der Waals surface area contributed by atoms with E-state index in [1.807, 2.05) is 6.92 Å². The van der Waals surface area contributed by atoms with Crippen LogP contribution in [-0.2, 0) is 14.8 Å². The highest BCUT2D eigenvalue weighted by atomic mass is 32.2. The van der Waals surface area contributed by atoms with Crippen LogP contribution in [0.15, 0.2) is 36.4 Å². The topological polar surface area (TPSA) is 87.3 Å². The van der Waals surface area contributed by atoms with Gasteiger partial charge in [0.2, 0.25) is 15.9 Å². The number of hydrogen-bond acceptors (Lipinski definition) is 4. The molecular weight excluding hydrogens is 431 g/mol. The van der Waals surface area contributed by atoms with Crippen LogP contribution < -0.4 is 15.4 Å². The van der Waals surface area contributed by atoms with Gasteiger partial charge in [0.1, 0.15) is 11.5 Å². The van der Waals surface area contributed by atoms with Crippen molar-refractivity contribution in [3.63, 3.8) is 0 Å². The second-order valence-corrected chi connectivity index (χ2v) is 8.70. The zero-order valence-electron chi connectivity index (χ0n) is 17.3. The number of hydrogen-bond donors (Lipinski definition) is 3. The fourth-order valence-electron chi connectivity index (χ4n) is 2.72. The van der Waals surface area contributed by atoms with Gasteiger partial charge in [-0.1, -0.05) is 6.92 Å². The van der Waals surface area contributed by atoms with Crippen LogP contribution in [-0.4, -0.2) is 27.1 Å². The lowest BCUT2D eigenvalue weighted by Gasteiger charge is -2.15. The van der Waals surface area contributed by atoms with Gasteiger partial charge in [0.25, 0.3) is 0 Å². The third kappa shape index (κ3) is 7.32. The van der Waals surface area contributed by atoms with Gasteiger partial charge in [0.15, 0.2) is 11.6 Å². The number of carbonyl (C=O) groups is 1. The van der Waals surface area contributed by atoms with Gasteiger partial charge in [-0.05, 0) is 60.9 Å². The van der Waals surface area contributed by atoms with E-state index in [2.05, 4.69) is 10.6 Å². The van der Waals surface area contributed by atoms with E-state index in [9.17, 15) is 26.4 Å². The van der Waals surface area contributed by atoms with Gasteiger partial charge in [-0.15, -0.1) is 0 Å². The molecule has 0 radical (unpaired) electrons. The number of sulfonamides is 1. The Labute approximate surface area is 179 Å². The summed E-state index contributed by atoms with van der Waals surface area (Å²) in [5, 5.41) is 5.64. The zero-order chi connectivity index (χ0) is 23.2. The molecular formula is C21H24F3N3O3S. The predicted octanol–water partition coefficient (Wildman–Crippen LogP) is 4.19. The van der Waals surface area contributed by atoms with Crippen LogP contribution in [0, 0.1) is 17.5 Å². The molecule has 0 unspecified atom stereocenters. The zero-order valence-corrected chi connectivity index (χ0v) is 18.1. The molecule has 0 saturated carbocycles. The van der Waals surface area contributed by atoms with Crippen molar-refractivity contribution in [2.45, 2.75) is 26.3 Å². The molecule has 0 bridgehead atoms. The molecule has 0 saturated heterocycles. The van der Waals surface area contributed by atoms with Crippen LogP contribution in [0.5, 0.6) is 0 Å². The molecule has 3 N–H and O–H groups in total. The molecule has 0 aromatic heterocycles. The molecule has 1 atom stereocenters. The van der Waals surface area contributed by atoms with Gasteiger partial charge in [-0.3, -0.25) is 9.52 Å². The average molecular weight is 456 g/mol. The smallest absolute Gasteiger partial charge is 0.244 e. The maximum absolute atomic E-state index is 14.2. The molecule has 0 spiro atoms. The van der Waals surface area contributed by atoms with Crippen molar-refractivity contribution < 1.29 is 26.4 Å². The highest BCUT2D eigenvalue weighted by Gasteiger charge is 2.18. The van der Waals surface area contributed by atoms with Crippen LogP contribution >= 0.6 is 0 Å². The molecule has 1 amide bonds. The fourth-order valence-corrected chi connectivity index (χ4v) is 3.29. The van der Waals surface area contributed by atoms with E-state index < -0.39 is 45.1 Å². The quantitative estimate of drug-likeness (QED) is 0.495. The first-order valence-electron chi connectivity index (χ1n) is 9.49. The Hall–Kier alpha value is -3.01. The molecule has 10 heteroatoms. The maximum Gasteiger partial charge on any atom is 0.244 e. The monoisotopic (exact) mass is 455 g/mol. The molecule has 0 aliphatic carbocycles. The average Bonchev–Trinajstić information content (AvgIpc) is 2.67. The summed E-state index contributed by atoms with van der Waals surface area (Å²) in [6.07, 6.45) is 4.34. The van der Waals surface area contributed by atoms with Crippen molar-refractivity contribution in [1.82, 2.24) is 5.32 Å². The molecule has 31 heavy (non-hydrogen) atoms. The summed E-state index contributed by atoms with van der Waals surface area (Å²) in [6.45, 7) is 4.12. The number of carbonyl (C=O) groups excluding carboxylic acids is 1. The van der Waals surface area contributed by atoms with E-state index in [0.29, 0.717) is 17.8 Å². The lowest BCUT2D eigenvalue weighted by atomic mass is 10.1. The minimum absolute atomic E-state index is 0.114. The van der Waals surface area contributed by atoms with Crippen molar-refractivity contribution in [2.75, 3.05) is 22.8 Å². The second kappa shape index (κ2) is 10.3. The van der Waals surface area contributed by atoms with Crippen molar-refractivity contribution >= 4 is 33.4 Å². The summed E-state index contributed by atoms with van der Waals surface area (Å²) in [6, 6.07) is 5.25. The largest absolute Gasteiger partial charge is 0.384 e. The van der Waals surface area contributed by atoms with Gasteiger partial charge in [0, 0.05) is 18.3 Å².